The fourth-order valence-electron chi connectivity index (χ4n) is 1.53. The first-order valence-electron chi connectivity index (χ1n) is 5.10. The van der Waals surface area contributed by atoms with E-state index in [1.165, 1.54) is 12.3 Å². The average Bonchev–Trinajstić information content (AvgIpc) is 2.85. The van der Waals surface area contributed by atoms with Crippen LogP contribution in [0.15, 0.2) is 41.5 Å². The van der Waals surface area contributed by atoms with Gasteiger partial charge in [-0.1, -0.05) is 0 Å². The van der Waals surface area contributed by atoms with Crippen molar-refractivity contribution < 1.29 is 9.72 Å². The number of hydrogen-bond donors (Lipinski definition) is 1. The molecule has 18 heavy (non-hydrogen) atoms. The Kier molecular flexibility index (Phi) is 3.05. The molecule has 2 rings (SSSR count). The first-order chi connectivity index (χ1) is 8.59. The lowest BCUT2D eigenvalue weighted by molar-refractivity contribution is -0.386. The van der Waals surface area contributed by atoms with Crippen LogP contribution in [0.2, 0.25) is 0 Å². The molecule has 0 aliphatic rings. The normalized spacial score (nSPS) is 10.2. The molecule has 92 valence electrons. The predicted octanol–water partition coefficient (Wildman–Crippen LogP) is 0.967. The number of pyridine rings is 1. The van der Waals surface area contributed by atoms with Crippen LogP contribution >= 0.6 is 0 Å². The summed E-state index contributed by atoms with van der Waals surface area (Å²) in [5.41, 5.74) is -0.979. The largest absolute Gasteiger partial charge is 0.359 e. The van der Waals surface area contributed by atoms with Gasteiger partial charge in [-0.05, 0) is 18.2 Å². The van der Waals surface area contributed by atoms with Gasteiger partial charge < -0.3 is 9.55 Å². The summed E-state index contributed by atoms with van der Waals surface area (Å²) in [6.45, 7) is -0.235. The quantitative estimate of drug-likeness (QED) is 0.494. The molecular weight excluding hydrogens is 238 g/mol. The lowest BCUT2D eigenvalue weighted by Gasteiger charge is -2.03. The topological polar surface area (TPSA) is 98.0 Å². The molecule has 0 atom stereocenters. The molecule has 0 aliphatic heterocycles. The van der Waals surface area contributed by atoms with Crippen molar-refractivity contribution in [2.45, 2.75) is 6.54 Å². The van der Waals surface area contributed by atoms with E-state index in [0.29, 0.717) is 5.69 Å². The van der Waals surface area contributed by atoms with Crippen molar-refractivity contribution in [2.24, 2.45) is 0 Å². The maximum atomic E-state index is 11.7. The second-order valence-electron chi connectivity index (χ2n) is 3.59. The highest BCUT2D eigenvalue weighted by Gasteiger charge is 2.15. The monoisotopic (exact) mass is 247 g/mol. The lowest BCUT2D eigenvalue weighted by atomic mass is 10.3. The molecule has 0 spiro atoms. The van der Waals surface area contributed by atoms with Gasteiger partial charge in [-0.15, -0.1) is 0 Å². The molecule has 0 saturated heterocycles. The highest BCUT2D eigenvalue weighted by atomic mass is 16.6. The standard InChI is InChI=1S/C11H9N3O4/c15-10(8-3-1-5-12-8)7-13-6-2-4-9(11(13)16)14(17)18/h1-6,12H,7H2. The molecule has 1 N–H and O–H groups in total. The van der Waals surface area contributed by atoms with Crippen molar-refractivity contribution >= 4 is 11.5 Å². The van der Waals surface area contributed by atoms with Crippen LogP contribution in [-0.4, -0.2) is 20.3 Å². The summed E-state index contributed by atoms with van der Waals surface area (Å²) < 4.78 is 1.02. The average molecular weight is 247 g/mol. The molecule has 0 aromatic carbocycles. The minimum atomic E-state index is -0.789. The van der Waals surface area contributed by atoms with Gasteiger partial charge in [0.15, 0.2) is 5.78 Å². The van der Waals surface area contributed by atoms with Crippen LogP contribution in [0, 0.1) is 10.1 Å². The van der Waals surface area contributed by atoms with Crippen molar-refractivity contribution in [1.82, 2.24) is 9.55 Å². The highest BCUT2D eigenvalue weighted by molar-refractivity contribution is 5.94. The molecule has 2 aromatic rings. The van der Waals surface area contributed by atoms with Gasteiger partial charge in [-0.3, -0.25) is 19.7 Å². The number of nitrogens with one attached hydrogen (secondary N) is 1. The second-order valence-corrected chi connectivity index (χ2v) is 3.59. The van der Waals surface area contributed by atoms with Gasteiger partial charge in [-0.2, -0.15) is 0 Å². The molecule has 0 saturated carbocycles. The van der Waals surface area contributed by atoms with E-state index in [4.69, 9.17) is 0 Å². The van der Waals surface area contributed by atoms with Crippen LogP contribution in [0.4, 0.5) is 5.69 Å². The summed E-state index contributed by atoms with van der Waals surface area (Å²) in [5.74, 6) is -0.317. The molecule has 7 nitrogen and oxygen atoms in total. The van der Waals surface area contributed by atoms with E-state index in [9.17, 15) is 19.7 Å². The van der Waals surface area contributed by atoms with Crippen molar-refractivity contribution in [3.05, 3.63) is 62.8 Å². The molecule has 0 unspecified atom stereocenters. The Morgan fingerprint density at radius 2 is 2.17 bits per heavy atom. The van der Waals surface area contributed by atoms with Crippen molar-refractivity contribution in [3.8, 4) is 0 Å². The molecular formula is C11H9N3O4. The number of carbonyl (C=O) groups excluding carboxylic acids is 1. The Hall–Kier alpha value is -2.70. The highest BCUT2D eigenvalue weighted by Crippen LogP contribution is 2.03. The smallest absolute Gasteiger partial charge is 0.334 e. The Bertz CT molecular complexity index is 643. The summed E-state index contributed by atoms with van der Waals surface area (Å²) in [6, 6.07) is 5.70. The van der Waals surface area contributed by atoms with E-state index >= 15 is 0 Å². The Balaban J connectivity index is 2.31. The lowest BCUT2D eigenvalue weighted by Crippen LogP contribution is -2.25. The van der Waals surface area contributed by atoms with Gasteiger partial charge in [-0.25, -0.2) is 0 Å². The van der Waals surface area contributed by atoms with Crippen molar-refractivity contribution in [2.75, 3.05) is 0 Å². The minimum Gasteiger partial charge on any atom is -0.359 e. The van der Waals surface area contributed by atoms with Gasteiger partial charge in [0.05, 0.1) is 17.2 Å². The number of hydrogen-bond acceptors (Lipinski definition) is 4. The number of nitrogens with zero attached hydrogens (tertiary/aromatic N) is 2. The predicted molar refractivity (Wildman–Crippen MR) is 62.5 cm³/mol. The van der Waals surface area contributed by atoms with Crippen molar-refractivity contribution in [1.29, 1.82) is 0 Å². The molecule has 0 fully saturated rings. The van der Waals surface area contributed by atoms with E-state index in [1.54, 1.807) is 18.3 Å². The third-order valence-electron chi connectivity index (χ3n) is 2.41. The minimum absolute atomic E-state index is 0.235. The molecule has 0 amide bonds. The fraction of sp³-hybridized carbons (Fsp3) is 0.0909. The number of Topliss-reactive ketones (excluding diaryl/α,β-unsaturated/α-hetero) is 1. The first kappa shape index (κ1) is 11.8. The van der Waals surface area contributed by atoms with Gasteiger partial charge in [0.2, 0.25) is 0 Å². The Morgan fingerprint density at radius 1 is 1.39 bits per heavy atom. The summed E-state index contributed by atoms with van der Waals surface area (Å²) in [6.07, 6.45) is 2.93. The number of aromatic nitrogens is 2. The van der Waals surface area contributed by atoms with Gasteiger partial charge in [0.25, 0.3) is 0 Å². The summed E-state index contributed by atoms with van der Waals surface area (Å²) >= 11 is 0. The summed E-state index contributed by atoms with van der Waals surface area (Å²) in [7, 11) is 0. The van der Waals surface area contributed by atoms with Gasteiger partial charge >= 0.3 is 11.2 Å². The molecule has 2 aromatic heterocycles. The number of carbonyl (C=O) groups is 1. The SMILES string of the molecule is O=C(Cn1cccc([N+](=O)[O-])c1=O)c1ccc[nH]1. The van der Waals surface area contributed by atoms with Gasteiger partial charge in [0.1, 0.15) is 0 Å². The van der Waals surface area contributed by atoms with E-state index in [1.807, 2.05) is 0 Å². The maximum Gasteiger partial charge on any atom is 0.334 e. The van der Waals surface area contributed by atoms with Crippen LogP contribution in [0.25, 0.3) is 0 Å². The van der Waals surface area contributed by atoms with E-state index in [0.717, 1.165) is 10.6 Å². The number of ketones is 1. The van der Waals surface area contributed by atoms with Gasteiger partial charge in [0, 0.05) is 18.5 Å². The van der Waals surface area contributed by atoms with E-state index < -0.39 is 16.2 Å². The van der Waals surface area contributed by atoms with Crippen LogP contribution in [0.5, 0.6) is 0 Å². The zero-order chi connectivity index (χ0) is 13.1. The maximum absolute atomic E-state index is 11.7. The van der Waals surface area contributed by atoms with Crippen LogP contribution in [-0.2, 0) is 6.54 Å². The number of aromatic amines is 1. The van der Waals surface area contributed by atoms with E-state index in [-0.39, 0.29) is 12.3 Å². The second kappa shape index (κ2) is 4.66. The molecule has 0 radical (unpaired) electrons. The Labute approximate surface area is 101 Å². The molecule has 0 aliphatic carbocycles. The fourth-order valence-corrected chi connectivity index (χ4v) is 1.53. The van der Waals surface area contributed by atoms with Crippen molar-refractivity contribution in [3.63, 3.8) is 0 Å². The summed E-state index contributed by atoms with van der Waals surface area (Å²) in [4.78, 5) is 36.0. The van der Waals surface area contributed by atoms with Crippen LogP contribution in [0.3, 0.4) is 0 Å². The zero-order valence-corrected chi connectivity index (χ0v) is 9.20. The third kappa shape index (κ3) is 2.19. The molecule has 7 heteroatoms. The van der Waals surface area contributed by atoms with Crippen LogP contribution in [0.1, 0.15) is 10.5 Å². The molecule has 2 heterocycles. The molecule has 0 bridgehead atoms. The van der Waals surface area contributed by atoms with E-state index in [2.05, 4.69) is 4.98 Å². The number of rotatable bonds is 4. The number of H-pyrrole nitrogens is 1. The Morgan fingerprint density at radius 3 is 2.78 bits per heavy atom. The van der Waals surface area contributed by atoms with Crippen LogP contribution < -0.4 is 5.56 Å². The first-order valence-corrected chi connectivity index (χ1v) is 5.10. The number of nitro groups is 1. The zero-order valence-electron chi connectivity index (χ0n) is 9.20. The third-order valence-corrected chi connectivity index (χ3v) is 2.41. The summed E-state index contributed by atoms with van der Waals surface area (Å²) in [5, 5.41) is 10.6.